The van der Waals surface area contributed by atoms with Crippen molar-refractivity contribution in [2.75, 3.05) is 25.0 Å². The topological polar surface area (TPSA) is 59.0 Å². The van der Waals surface area contributed by atoms with Gasteiger partial charge in [0.2, 0.25) is 0 Å². The van der Waals surface area contributed by atoms with E-state index in [-0.39, 0.29) is 5.56 Å². The molecule has 1 aromatic heterocycles. The SMILES string of the molecule is CCn1ccnc(NCC2CCCNC2)c1=O. The van der Waals surface area contributed by atoms with Gasteiger partial charge in [-0.25, -0.2) is 4.98 Å². The maximum absolute atomic E-state index is 11.9. The Labute approximate surface area is 101 Å². The molecule has 5 nitrogen and oxygen atoms in total. The van der Waals surface area contributed by atoms with Gasteiger partial charge in [0.1, 0.15) is 0 Å². The molecule has 0 aromatic carbocycles. The zero-order valence-electron chi connectivity index (χ0n) is 10.3. The highest BCUT2D eigenvalue weighted by atomic mass is 16.1. The van der Waals surface area contributed by atoms with Gasteiger partial charge in [0.15, 0.2) is 5.82 Å². The van der Waals surface area contributed by atoms with E-state index in [0.717, 1.165) is 19.6 Å². The quantitative estimate of drug-likeness (QED) is 0.807. The van der Waals surface area contributed by atoms with E-state index in [1.165, 1.54) is 12.8 Å². The van der Waals surface area contributed by atoms with E-state index < -0.39 is 0 Å². The summed E-state index contributed by atoms with van der Waals surface area (Å²) in [6, 6.07) is 0. The molecule has 1 unspecified atom stereocenters. The molecule has 0 aliphatic carbocycles. The summed E-state index contributed by atoms with van der Waals surface area (Å²) in [5.74, 6) is 1.07. The molecule has 1 atom stereocenters. The normalized spacial score (nSPS) is 20.2. The second-order valence-electron chi connectivity index (χ2n) is 4.46. The van der Waals surface area contributed by atoms with Gasteiger partial charge < -0.3 is 15.2 Å². The fourth-order valence-electron chi connectivity index (χ4n) is 2.16. The fraction of sp³-hybridized carbons (Fsp3) is 0.667. The first kappa shape index (κ1) is 12.1. The van der Waals surface area contributed by atoms with Crippen molar-refractivity contribution in [1.82, 2.24) is 14.9 Å². The van der Waals surface area contributed by atoms with Crippen LogP contribution < -0.4 is 16.2 Å². The van der Waals surface area contributed by atoms with E-state index in [1.54, 1.807) is 17.0 Å². The Morgan fingerprint density at radius 3 is 3.24 bits per heavy atom. The van der Waals surface area contributed by atoms with Crippen LogP contribution in [0.25, 0.3) is 0 Å². The predicted octanol–water partition coefficient (Wildman–Crippen LogP) is 0.675. The molecular formula is C12H20N4O. The minimum absolute atomic E-state index is 0.0289. The van der Waals surface area contributed by atoms with Gasteiger partial charge in [0.25, 0.3) is 5.56 Å². The van der Waals surface area contributed by atoms with E-state index in [0.29, 0.717) is 18.3 Å². The third-order valence-corrected chi connectivity index (χ3v) is 3.21. The lowest BCUT2D eigenvalue weighted by Crippen LogP contribution is -2.35. The van der Waals surface area contributed by atoms with Gasteiger partial charge in [-0.1, -0.05) is 0 Å². The van der Waals surface area contributed by atoms with Crippen LogP contribution in [0, 0.1) is 5.92 Å². The average molecular weight is 236 g/mol. The molecule has 0 radical (unpaired) electrons. The van der Waals surface area contributed by atoms with Crippen LogP contribution in [0.15, 0.2) is 17.2 Å². The smallest absolute Gasteiger partial charge is 0.293 e. The number of aromatic nitrogens is 2. The Balaban J connectivity index is 1.96. The lowest BCUT2D eigenvalue weighted by atomic mass is 10.00. The molecule has 1 aliphatic heterocycles. The molecule has 0 saturated carbocycles. The number of nitrogens with zero attached hydrogens (tertiary/aromatic N) is 2. The zero-order valence-corrected chi connectivity index (χ0v) is 10.3. The largest absolute Gasteiger partial charge is 0.365 e. The van der Waals surface area contributed by atoms with E-state index >= 15 is 0 Å². The number of anilines is 1. The number of piperidine rings is 1. The zero-order chi connectivity index (χ0) is 12.1. The minimum atomic E-state index is -0.0289. The van der Waals surface area contributed by atoms with Crippen molar-refractivity contribution in [3.05, 3.63) is 22.7 Å². The molecule has 17 heavy (non-hydrogen) atoms. The number of hydrogen-bond acceptors (Lipinski definition) is 4. The van der Waals surface area contributed by atoms with Crippen LogP contribution in [-0.4, -0.2) is 29.2 Å². The molecule has 5 heteroatoms. The van der Waals surface area contributed by atoms with Crippen molar-refractivity contribution in [1.29, 1.82) is 0 Å². The molecule has 1 fully saturated rings. The molecule has 1 aliphatic rings. The van der Waals surface area contributed by atoms with Crippen LogP contribution >= 0.6 is 0 Å². The van der Waals surface area contributed by atoms with Gasteiger partial charge in [-0.15, -0.1) is 0 Å². The van der Waals surface area contributed by atoms with Gasteiger partial charge in [-0.3, -0.25) is 4.79 Å². The molecule has 0 bridgehead atoms. The minimum Gasteiger partial charge on any atom is -0.365 e. The highest BCUT2D eigenvalue weighted by molar-refractivity contribution is 5.30. The first-order chi connectivity index (χ1) is 8.31. The van der Waals surface area contributed by atoms with Crippen LogP contribution in [0.4, 0.5) is 5.82 Å². The van der Waals surface area contributed by atoms with Gasteiger partial charge in [-0.05, 0) is 38.8 Å². The van der Waals surface area contributed by atoms with Crippen molar-refractivity contribution in [3.8, 4) is 0 Å². The first-order valence-electron chi connectivity index (χ1n) is 6.31. The molecule has 1 aromatic rings. The van der Waals surface area contributed by atoms with Crippen molar-refractivity contribution in [2.45, 2.75) is 26.3 Å². The Morgan fingerprint density at radius 2 is 2.53 bits per heavy atom. The third kappa shape index (κ3) is 3.06. The highest BCUT2D eigenvalue weighted by Crippen LogP contribution is 2.09. The summed E-state index contributed by atoms with van der Waals surface area (Å²) in [4.78, 5) is 16.0. The van der Waals surface area contributed by atoms with Crippen LogP contribution in [-0.2, 0) is 6.54 Å². The molecule has 2 N–H and O–H groups in total. The maximum atomic E-state index is 11.9. The Hall–Kier alpha value is -1.36. The van der Waals surface area contributed by atoms with Crippen molar-refractivity contribution in [3.63, 3.8) is 0 Å². The number of nitrogens with one attached hydrogen (secondary N) is 2. The summed E-state index contributed by atoms with van der Waals surface area (Å²) in [5.41, 5.74) is -0.0289. The number of hydrogen-bond donors (Lipinski definition) is 2. The summed E-state index contributed by atoms with van der Waals surface area (Å²) in [6.45, 7) is 5.60. The van der Waals surface area contributed by atoms with E-state index in [2.05, 4.69) is 15.6 Å². The monoisotopic (exact) mass is 236 g/mol. The van der Waals surface area contributed by atoms with Gasteiger partial charge >= 0.3 is 0 Å². The summed E-state index contributed by atoms with van der Waals surface area (Å²) >= 11 is 0. The summed E-state index contributed by atoms with van der Waals surface area (Å²) in [6.07, 6.45) is 5.82. The van der Waals surface area contributed by atoms with Gasteiger partial charge in [-0.2, -0.15) is 0 Å². The lowest BCUT2D eigenvalue weighted by Gasteiger charge is -2.22. The number of aryl methyl sites for hydroxylation is 1. The van der Waals surface area contributed by atoms with E-state index in [9.17, 15) is 4.79 Å². The lowest BCUT2D eigenvalue weighted by molar-refractivity contribution is 0.392. The van der Waals surface area contributed by atoms with E-state index in [1.807, 2.05) is 6.92 Å². The second kappa shape index (κ2) is 5.82. The molecule has 2 heterocycles. The van der Waals surface area contributed by atoms with Crippen LogP contribution in [0.3, 0.4) is 0 Å². The van der Waals surface area contributed by atoms with Crippen molar-refractivity contribution >= 4 is 5.82 Å². The molecule has 1 saturated heterocycles. The van der Waals surface area contributed by atoms with E-state index in [4.69, 9.17) is 0 Å². The maximum Gasteiger partial charge on any atom is 0.293 e. The van der Waals surface area contributed by atoms with Crippen molar-refractivity contribution < 1.29 is 0 Å². The molecule has 0 spiro atoms. The van der Waals surface area contributed by atoms with Crippen LogP contribution in [0.5, 0.6) is 0 Å². The average Bonchev–Trinajstić information content (AvgIpc) is 2.39. The Morgan fingerprint density at radius 1 is 1.65 bits per heavy atom. The Bertz CT molecular complexity index is 409. The summed E-state index contributed by atoms with van der Waals surface area (Å²) in [7, 11) is 0. The highest BCUT2D eigenvalue weighted by Gasteiger charge is 2.13. The number of rotatable bonds is 4. The predicted molar refractivity (Wildman–Crippen MR) is 68.3 cm³/mol. The van der Waals surface area contributed by atoms with Crippen molar-refractivity contribution in [2.24, 2.45) is 5.92 Å². The van der Waals surface area contributed by atoms with Gasteiger partial charge in [0.05, 0.1) is 0 Å². The standard InChI is InChI=1S/C12H20N4O/c1-2-16-7-6-14-11(12(16)17)15-9-10-4-3-5-13-8-10/h6-7,10,13H,2-5,8-9H2,1H3,(H,14,15). The van der Waals surface area contributed by atoms with Crippen LogP contribution in [0.2, 0.25) is 0 Å². The molecule has 0 amide bonds. The van der Waals surface area contributed by atoms with Crippen LogP contribution in [0.1, 0.15) is 19.8 Å². The molecule has 94 valence electrons. The summed E-state index contributed by atoms with van der Waals surface area (Å²) in [5, 5.41) is 6.54. The second-order valence-corrected chi connectivity index (χ2v) is 4.46. The summed E-state index contributed by atoms with van der Waals surface area (Å²) < 4.78 is 1.66. The van der Waals surface area contributed by atoms with Gasteiger partial charge in [0, 0.05) is 25.5 Å². The first-order valence-corrected chi connectivity index (χ1v) is 6.31. The third-order valence-electron chi connectivity index (χ3n) is 3.21. The fourth-order valence-corrected chi connectivity index (χ4v) is 2.16. The molecular weight excluding hydrogens is 216 g/mol. The Kier molecular flexibility index (Phi) is 4.14. The molecule has 2 rings (SSSR count).